The molecule has 4 nitrogen and oxygen atoms in total. The Balaban J connectivity index is 0.00000208. The highest BCUT2D eigenvalue weighted by molar-refractivity contribution is 5.92. The molecular formula is C19H24ClN3O. The lowest BCUT2D eigenvalue weighted by molar-refractivity contribution is -0.121. The molecule has 3 rings (SSSR count). The van der Waals surface area contributed by atoms with E-state index in [2.05, 4.69) is 16.3 Å². The number of hydrogen-bond acceptors (Lipinski definition) is 3. The first-order chi connectivity index (χ1) is 11.2. The number of nitrogen functional groups attached to an aromatic ring is 1. The van der Waals surface area contributed by atoms with E-state index >= 15 is 0 Å². The van der Waals surface area contributed by atoms with E-state index in [0.717, 1.165) is 43.9 Å². The maximum Gasteiger partial charge on any atom is 0.228 e. The van der Waals surface area contributed by atoms with Gasteiger partial charge < -0.3 is 11.1 Å². The summed E-state index contributed by atoms with van der Waals surface area (Å²) in [7, 11) is 0. The first kappa shape index (κ1) is 18.3. The Bertz CT molecular complexity index is 663. The van der Waals surface area contributed by atoms with Gasteiger partial charge in [0.2, 0.25) is 5.91 Å². The molecule has 1 heterocycles. The topological polar surface area (TPSA) is 58.4 Å². The van der Waals surface area contributed by atoms with Gasteiger partial charge in [0.05, 0.1) is 5.92 Å². The molecule has 2 aromatic carbocycles. The Hall–Kier alpha value is -2.04. The summed E-state index contributed by atoms with van der Waals surface area (Å²) in [6, 6.07) is 17.6. The van der Waals surface area contributed by atoms with Crippen molar-refractivity contribution in [2.45, 2.75) is 19.4 Å². The average molecular weight is 346 g/mol. The quantitative estimate of drug-likeness (QED) is 0.833. The van der Waals surface area contributed by atoms with Crippen LogP contribution >= 0.6 is 12.4 Å². The van der Waals surface area contributed by atoms with Crippen molar-refractivity contribution in [1.29, 1.82) is 0 Å². The average Bonchev–Trinajstić information content (AvgIpc) is 2.56. The molecule has 0 aromatic heterocycles. The lowest BCUT2D eigenvalue weighted by atomic mass is 9.96. The number of nitrogens with two attached hydrogens (primary N) is 1. The van der Waals surface area contributed by atoms with Crippen LogP contribution in [0.5, 0.6) is 0 Å². The summed E-state index contributed by atoms with van der Waals surface area (Å²) in [6.07, 6.45) is 2.00. The molecule has 1 fully saturated rings. The second-order valence-corrected chi connectivity index (χ2v) is 6.17. The van der Waals surface area contributed by atoms with Crippen LogP contribution in [0, 0.1) is 5.92 Å². The molecule has 0 spiro atoms. The van der Waals surface area contributed by atoms with Gasteiger partial charge >= 0.3 is 0 Å². The zero-order chi connectivity index (χ0) is 16.1. The lowest BCUT2D eigenvalue weighted by Gasteiger charge is -2.32. The third-order valence-electron chi connectivity index (χ3n) is 4.27. The van der Waals surface area contributed by atoms with Crippen LogP contribution in [-0.2, 0) is 11.3 Å². The summed E-state index contributed by atoms with van der Waals surface area (Å²) in [4.78, 5) is 14.8. The van der Waals surface area contributed by atoms with Gasteiger partial charge in [-0.25, -0.2) is 0 Å². The monoisotopic (exact) mass is 345 g/mol. The fourth-order valence-electron chi connectivity index (χ4n) is 3.13. The highest BCUT2D eigenvalue weighted by Gasteiger charge is 2.25. The molecule has 0 radical (unpaired) electrons. The van der Waals surface area contributed by atoms with E-state index in [1.807, 2.05) is 48.5 Å². The summed E-state index contributed by atoms with van der Waals surface area (Å²) in [5.41, 5.74) is 8.70. The van der Waals surface area contributed by atoms with Crippen molar-refractivity contribution >= 4 is 29.7 Å². The van der Waals surface area contributed by atoms with Crippen molar-refractivity contribution in [3.05, 3.63) is 60.2 Å². The maximum absolute atomic E-state index is 12.5. The molecule has 1 aliphatic rings. The van der Waals surface area contributed by atoms with Crippen LogP contribution in [0.4, 0.5) is 11.4 Å². The molecule has 0 aliphatic carbocycles. The number of benzene rings is 2. The molecule has 1 unspecified atom stereocenters. The molecular weight excluding hydrogens is 322 g/mol. The van der Waals surface area contributed by atoms with Crippen molar-refractivity contribution in [1.82, 2.24) is 4.90 Å². The van der Waals surface area contributed by atoms with Gasteiger partial charge in [0.1, 0.15) is 0 Å². The number of amides is 1. The lowest BCUT2D eigenvalue weighted by Crippen LogP contribution is -2.40. The van der Waals surface area contributed by atoms with Crippen LogP contribution in [0.3, 0.4) is 0 Å². The Kier molecular flexibility index (Phi) is 6.64. The van der Waals surface area contributed by atoms with E-state index in [4.69, 9.17) is 5.73 Å². The molecule has 3 N–H and O–H groups in total. The molecule has 1 saturated heterocycles. The summed E-state index contributed by atoms with van der Waals surface area (Å²) < 4.78 is 0. The van der Waals surface area contributed by atoms with Crippen molar-refractivity contribution in [2.75, 3.05) is 24.1 Å². The number of likely N-dealkylation sites (tertiary alicyclic amines) is 1. The largest absolute Gasteiger partial charge is 0.399 e. The highest BCUT2D eigenvalue weighted by atomic mass is 35.5. The van der Waals surface area contributed by atoms with Crippen molar-refractivity contribution in [3.63, 3.8) is 0 Å². The van der Waals surface area contributed by atoms with Gasteiger partial charge in [-0.2, -0.15) is 0 Å². The van der Waals surface area contributed by atoms with Crippen LogP contribution in [0.15, 0.2) is 54.6 Å². The normalized spacial score (nSPS) is 17.8. The number of piperidine rings is 1. The maximum atomic E-state index is 12.5. The minimum atomic E-state index is 0. The van der Waals surface area contributed by atoms with E-state index in [9.17, 15) is 4.79 Å². The van der Waals surface area contributed by atoms with E-state index in [1.54, 1.807) is 0 Å². The van der Waals surface area contributed by atoms with E-state index in [0.29, 0.717) is 0 Å². The van der Waals surface area contributed by atoms with Gasteiger partial charge in [-0.1, -0.05) is 30.3 Å². The summed E-state index contributed by atoms with van der Waals surface area (Å²) >= 11 is 0. The van der Waals surface area contributed by atoms with E-state index in [1.165, 1.54) is 5.56 Å². The Morgan fingerprint density at radius 3 is 2.71 bits per heavy atom. The predicted molar refractivity (Wildman–Crippen MR) is 101 cm³/mol. The van der Waals surface area contributed by atoms with Gasteiger partial charge in [-0.15, -0.1) is 12.4 Å². The number of rotatable bonds is 4. The second kappa shape index (κ2) is 8.71. The molecule has 1 atom stereocenters. The van der Waals surface area contributed by atoms with Crippen LogP contribution < -0.4 is 11.1 Å². The molecule has 128 valence electrons. The summed E-state index contributed by atoms with van der Waals surface area (Å²) in [5, 5.41) is 3.02. The van der Waals surface area contributed by atoms with E-state index in [-0.39, 0.29) is 24.2 Å². The minimum absolute atomic E-state index is 0. The first-order valence-electron chi connectivity index (χ1n) is 8.13. The molecule has 1 aliphatic heterocycles. The van der Waals surface area contributed by atoms with Gasteiger partial charge in [-0.05, 0) is 49.2 Å². The van der Waals surface area contributed by atoms with Gasteiger partial charge in [0, 0.05) is 24.5 Å². The smallest absolute Gasteiger partial charge is 0.228 e. The summed E-state index contributed by atoms with van der Waals surface area (Å²) in [5.74, 6) is 0.165. The second-order valence-electron chi connectivity index (χ2n) is 6.17. The molecule has 0 saturated carbocycles. The van der Waals surface area contributed by atoms with Crippen LogP contribution in [0.1, 0.15) is 18.4 Å². The number of hydrogen-bond donors (Lipinski definition) is 2. The van der Waals surface area contributed by atoms with Crippen LogP contribution in [0.2, 0.25) is 0 Å². The Labute approximate surface area is 149 Å². The number of carbonyl (C=O) groups excluding carboxylic acids is 1. The third kappa shape index (κ3) is 4.98. The number of para-hydroxylation sites is 1. The molecule has 1 amide bonds. The summed E-state index contributed by atoms with van der Waals surface area (Å²) in [6.45, 7) is 2.68. The van der Waals surface area contributed by atoms with Crippen LogP contribution in [0.25, 0.3) is 0 Å². The number of halogens is 1. The highest BCUT2D eigenvalue weighted by Crippen LogP contribution is 2.21. The van der Waals surface area contributed by atoms with Gasteiger partial charge in [-0.3, -0.25) is 9.69 Å². The van der Waals surface area contributed by atoms with Crippen molar-refractivity contribution < 1.29 is 4.79 Å². The molecule has 0 bridgehead atoms. The zero-order valence-electron chi connectivity index (χ0n) is 13.7. The predicted octanol–water partition coefficient (Wildman–Crippen LogP) is 3.54. The fraction of sp³-hybridized carbons (Fsp3) is 0.316. The van der Waals surface area contributed by atoms with Crippen LogP contribution in [-0.4, -0.2) is 23.9 Å². The number of carbonyl (C=O) groups is 1. The number of nitrogens with zero attached hydrogens (tertiary/aromatic N) is 1. The Morgan fingerprint density at radius 1 is 1.17 bits per heavy atom. The molecule has 24 heavy (non-hydrogen) atoms. The van der Waals surface area contributed by atoms with Gasteiger partial charge in [0.25, 0.3) is 0 Å². The SMILES string of the molecule is Cl.Nc1cccc(CN2CCCC(C(=O)Nc3ccccc3)C2)c1. The van der Waals surface area contributed by atoms with Crippen molar-refractivity contribution in [2.24, 2.45) is 5.92 Å². The van der Waals surface area contributed by atoms with Gasteiger partial charge in [0.15, 0.2) is 0 Å². The first-order valence-corrected chi connectivity index (χ1v) is 8.13. The zero-order valence-corrected chi connectivity index (χ0v) is 14.5. The van der Waals surface area contributed by atoms with E-state index < -0.39 is 0 Å². The Morgan fingerprint density at radius 2 is 1.96 bits per heavy atom. The standard InChI is InChI=1S/C19H23N3O.ClH/c20-17-8-4-6-15(12-17)13-22-11-5-7-16(14-22)19(23)21-18-9-2-1-3-10-18;/h1-4,6,8-10,12,16H,5,7,11,13-14,20H2,(H,21,23);1H. The molecule has 2 aromatic rings. The number of anilines is 2. The molecule has 5 heteroatoms. The third-order valence-corrected chi connectivity index (χ3v) is 4.27. The van der Waals surface area contributed by atoms with Crippen molar-refractivity contribution in [3.8, 4) is 0 Å². The number of nitrogens with one attached hydrogen (secondary N) is 1. The fourth-order valence-corrected chi connectivity index (χ4v) is 3.13. The minimum Gasteiger partial charge on any atom is -0.399 e.